The molecule has 1 saturated heterocycles. The number of benzene rings is 2. The summed E-state index contributed by atoms with van der Waals surface area (Å²) in [4.78, 5) is 44.0. The van der Waals surface area contributed by atoms with Gasteiger partial charge in [-0.15, -0.1) is 0 Å². The highest BCUT2D eigenvalue weighted by atomic mass is 32.2. The lowest BCUT2D eigenvalue weighted by molar-refractivity contribution is -0.122. The Morgan fingerprint density at radius 2 is 1.76 bits per heavy atom. The first kappa shape index (κ1) is 20.7. The van der Waals surface area contributed by atoms with Crippen molar-refractivity contribution in [1.82, 2.24) is 10.3 Å². The number of imide groups is 2. The van der Waals surface area contributed by atoms with Crippen LogP contribution in [0.15, 0.2) is 92.9 Å². The number of anilines is 1. The summed E-state index contributed by atoms with van der Waals surface area (Å²) in [6.45, 7) is 1.90. The van der Waals surface area contributed by atoms with Gasteiger partial charge < -0.3 is 4.42 Å². The molecule has 4 amide bonds. The zero-order valence-corrected chi connectivity index (χ0v) is 18.3. The molecular formula is C25H17N3O4S. The average molecular weight is 455 g/mol. The van der Waals surface area contributed by atoms with E-state index >= 15 is 0 Å². The fourth-order valence-electron chi connectivity index (χ4n) is 3.46. The van der Waals surface area contributed by atoms with Crippen LogP contribution in [-0.4, -0.2) is 22.8 Å². The number of urea groups is 1. The number of rotatable bonds is 4. The van der Waals surface area contributed by atoms with Gasteiger partial charge in [0, 0.05) is 16.5 Å². The maximum absolute atomic E-state index is 13.0. The number of carbonyl (C=O) groups is 3. The summed E-state index contributed by atoms with van der Waals surface area (Å²) in [6, 6.07) is 19.3. The van der Waals surface area contributed by atoms with Gasteiger partial charge in [-0.2, -0.15) is 0 Å². The number of nitrogens with one attached hydrogen (secondary N) is 1. The van der Waals surface area contributed by atoms with E-state index in [4.69, 9.17) is 4.42 Å². The second-order valence-corrected chi connectivity index (χ2v) is 8.43. The molecule has 33 heavy (non-hydrogen) atoms. The van der Waals surface area contributed by atoms with Gasteiger partial charge >= 0.3 is 6.03 Å². The van der Waals surface area contributed by atoms with E-state index < -0.39 is 17.8 Å². The molecule has 8 heteroatoms. The van der Waals surface area contributed by atoms with E-state index in [2.05, 4.69) is 10.3 Å². The van der Waals surface area contributed by atoms with E-state index in [1.54, 1.807) is 42.6 Å². The third-order valence-corrected chi connectivity index (χ3v) is 6.06. The number of pyridine rings is 1. The first-order valence-corrected chi connectivity index (χ1v) is 10.9. The SMILES string of the molecule is Cc1ccc(N2C(=O)NC(=O)/C(=C\c3ccc(Sc4cccc5cccnc45)o3)C2=O)cc1. The number of fused-ring (bicyclic) bond motifs is 1. The molecule has 0 aliphatic carbocycles. The molecule has 162 valence electrons. The second kappa shape index (κ2) is 8.40. The Kier molecular flexibility index (Phi) is 5.27. The quantitative estimate of drug-likeness (QED) is 0.346. The van der Waals surface area contributed by atoms with Crippen LogP contribution in [0.5, 0.6) is 0 Å². The topological polar surface area (TPSA) is 92.5 Å². The van der Waals surface area contributed by atoms with Crippen LogP contribution in [0.25, 0.3) is 17.0 Å². The lowest BCUT2D eigenvalue weighted by Gasteiger charge is -2.26. The highest BCUT2D eigenvalue weighted by Crippen LogP contribution is 2.34. The van der Waals surface area contributed by atoms with Gasteiger partial charge in [0.15, 0.2) is 5.09 Å². The van der Waals surface area contributed by atoms with Crippen molar-refractivity contribution in [3.8, 4) is 0 Å². The van der Waals surface area contributed by atoms with Crippen LogP contribution >= 0.6 is 11.8 Å². The molecule has 2 aromatic carbocycles. The van der Waals surface area contributed by atoms with Crippen molar-refractivity contribution in [2.24, 2.45) is 0 Å². The standard InChI is InChI=1S/C25H17N3O4S/c1-15-7-9-17(10-8-15)28-24(30)19(23(29)27-25(28)31)14-18-11-12-21(32-18)33-20-6-2-4-16-5-3-13-26-22(16)20/h2-14H,1H3,(H,27,29,31)/b19-14+. The Balaban J connectivity index is 1.43. The van der Waals surface area contributed by atoms with Gasteiger partial charge in [-0.25, -0.2) is 9.69 Å². The number of hydrogen-bond acceptors (Lipinski definition) is 6. The highest BCUT2D eigenvalue weighted by molar-refractivity contribution is 7.99. The number of aromatic nitrogens is 1. The van der Waals surface area contributed by atoms with Gasteiger partial charge in [-0.1, -0.05) is 35.9 Å². The van der Waals surface area contributed by atoms with Crippen LogP contribution in [0.3, 0.4) is 0 Å². The number of carbonyl (C=O) groups excluding carboxylic acids is 3. The minimum atomic E-state index is -0.787. The molecule has 2 aromatic heterocycles. The summed E-state index contributed by atoms with van der Waals surface area (Å²) in [5.41, 5.74) is 2.03. The summed E-state index contributed by atoms with van der Waals surface area (Å²) in [6.07, 6.45) is 3.08. The number of nitrogens with zero attached hydrogens (tertiary/aromatic N) is 2. The molecule has 0 unspecified atom stereocenters. The minimum absolute atomic E-state index is 0.187. The van der Waals surface area contributed by atoms with Gasteiger partial charge in [-0.05, 0) is 61.2 Å². The van der Waals surface area contributed by atoms with E-state index in [1.807, 2.05) is 37.3 Å². The Labute approximate surface area is 193 Å². The van der Waals surface area contributed by atoms with Crippen LogP contribution in [0, 0.1) is 6.92 Å². The minimum Gasteiger partial charge on any atom is -0.450 e. The van der Waals surface area contributed by atoms with Crippen molar-refractivity contribution in [2.75, 3.05) is 4.90 Å². The maximum atomic E-state index is 13.0. The number of amides is 4. The lowest BCUT2D eigenvalue weighted by atomic mass is 10.1. The molecule has 3 heterocycles. The summed E-state index contributed by atoms with van der Waals surface area (Å²) in [7, 11) is 0. The molecule has 0 saturated carbocycles. The first-order chi connectivity index (χ1) is 16.0. The summed E-state index contributed by atoms with van der Waals surface area (Å²) < 4.78 is 5.84. The van der Waals surface area contributed by atoms with Crippen LogP contribution in [0.2, 0.25) is 0 Å². The summed E-state index contributed by atoms with van der Waals surface area (Å²) >= 11 is 1.39. The predicted molar refractivity (Wildman–Crippen MR) is 125 cm³/mol. The van der Waals surface area contributed by atoms with Gasteiger partial charge in [0.05, 0.1) is 11.2 Å². The third kappa shape index (κ3) is 4.04. The molecule has 0 atom stereocenters. The lowest BCUT2D eigenvalue weighted by Crippen LogP contribution is -2.54. The van der Waals surface area contributed by atoms with Crippen molar-refractivity contribution in [2.45, 2.75) is 16.9 Å². The van der Waals surface area contributed by atoms with Crippen molar-refractivity contribution in [1.29, 1.82) is 0 Å². The fraction of sp³-hybridized carbons (Fsp3) is 0.0400. The predicted octanol–water partition coefficient (Wildman–Crippen LogP) is 4.95. The number of hydrogen-bond donors (Lipinski definition) is 1. The molecule has 1 aliphatic heterocycles. The number of furan rings is 1. The number of aryl methyl sites for hydroxylation is 1. The van der Waals surface area contributed by atoms with Crippen molar-refractivity contribution in [3.63, 3.8) is 0 Å². The molecule has 0 radical (unpaired) electrons. The Morgan fingerprint density at radius 3 is 2.58 bits per heavy atom. The van der Waals surface area contributed by atoms with Gasteiger partial charge in [0.2, 0.25) is 0 Å². The van der Waals surface area contributed by atoms with Crippen molar-refractivity contribution >= 4 is 52.3 Å². The molecule has 1 aliphatic rings. The normalized spacial score (nSPS) is 15.4. The number of barbiturate groups is 1. The average Bonchev–Trinajstić information content (AvgIpc) is 3.25. The molecule has 4 aromatic rings. The van der Waals surface area contributed by atoms with E-state index in [9.17, 15) is 14.4 Å². The third-order valence-electron chi connectivity index (χ3n) is 5.09. The molecule has 5 rings (SSSR count). The Hall–Kier alpha value is -4.17. The summed E-state index contributed by atoms with van der Waals surface area (Å²) in [5.74, 6) is -1.16. The van der Waals surface area contributed by atoms with E-state index in [0.717, 1.165) is 26.3 Å². The zero-order valence-electron chi connectivity index (χ0n) is 17.4. The van der Waals surface area contributed by atoms with E-state index in [1.165, 1.54) is 17.8 Å². The molecule has 7 nitrogen and oxygen atoms in total. The van der Waals surface area contributed by atoms with Crippen molar-refractivity contribution < 1.29 is 18.8 Å². The monoisotopic (exact) mass is 455 g/mol. The van der Waals surface area contributed by atoms with Gasteiger partial charge in [-0.3, -0.25) is 19.9 Å². The van der Waals surface area contributed by atoms with E-state index in [0.29, 0.717) is 16.5 Å². The molecule has 1 N–H and O–H groups in total. The number of para-hydroxylation sites is 1. The van der Waals surface area contributed by atoms with Gasteiger partial charge in [0.25, 0.3) is 11.8 Å². The molecule has 1 fully saturated rings. The van der Waals surface area contributed by atoms with E-state index in [-0.39, 0.29) is 5.57 Å². The largest absolute Gasteiger partial charge is 0.450 e. The highest BCUT2D eigenvalue weighted by Gasteiger charge is 2.37. The van der Waals surface area contributed by atoms with Crippen molar-refractivity contribution in [3.05, 3.63) is 89.8 Å². The van der Waals surface area contributed by atoms with Crippen LogP contribution in [0.4, 0.5) is 10.5 Å². The van der Waals surface area contributed by atoms with Gasteiger partial charge in [0.1, 0.15) is 11.3 Å². The fourth-order valence-corrected chi connectivity index (χ4v) is 4.37. The first-order valence-electron chi connectivity index (χ1n) is 10.1. The van der Waals surface area contributed by atoms with Crippen LogP contribution < -0.4 is 10.2 Å². The summed E-state index contributed by atoms with van der Waals surface area (Å²) in [5, 5.41) is 3.81. The van der Waals surface area contributed by atoms with Crippen LogP contribution in [0.1, 0.15) is 11.3 Å². The molecule has 0 bridgehead atoms. The molecule has 0 spiro atoms. The Morgan fingerprint density at radius 1 is 0.970 bits per heavy atom. The Bertz CT molecular complexity index is 1430. The maximum Gasteiger partial charge on any atom is 0.335 e. The molecular weight excluding hydrogens is 438 g/mol. The second-order valence-electron chi connectivity index (χ2n) is 7.38. The smallest absolute Gasteiger partial charge is 0.335 e. The van der Waals surface area contributed by atoms with Crippen LogP contribution in [-0.2, 0) is 9.59 Å². The zero-order chi connectivity index (χ0) is 22.9.